The predicted molar refractivity (Wildman–Crippen MR) is 69.5 cm³/mol. The molecule has 0 amide bonds. The molecule has 0 fully saturated rings. The van der Waals surface area contributed by atoms with Gasteiger partial charge in [0.2, 0.25) is 0 Å². The summed E-state index contributed by atoms with van der Waals surface area (Å²) in [5.41, 5.74) is 2.70. The Balaban J connectivity index is 2.71. The Labute approximate surface area is 102 Å². The molecule has 1 heterocycles. The highest BCUT2D eigenvalue weighted by molar-refractivity contribution is 7.09. The van der Waals surface area contributed by atoms with Crippen LogP contribution in [0.4, 0.5) is 0 Å². The van der Waals surface area contributed by atoms with Crippen LogP contribution in [0.2, 0.25) is 0 Å². The van der Waals surface area contributed by atoms with Crippen LogP contribution in [0.15, 0.2) is 17.5 Å². The van der Waals surface area contributed by atoms with Crippen LogP contribution in [0.1, 0.15) is 32.1 Å². The molecule has 92 valence electrons. The van der Waals surface area contributed by atoms with Crippen molar-refractivity contribution in [3.63, 3.8) is 0 Å². The van der Waals surface area contributed by atoms with Crippen molar-refractivity contribution >= 4 is 11.3 Å². The van der Waals surface area contributed by atoms with Crippen molar-refractivity contribution < 1.29 is 4.74 Å². The van der Waals surface area contributed by atoms with Gasteiger partial charge in [0.25, 0.3) is 0 Å². The number of hydrogen-bond acceptors (Lipinski definition) is 4. The Hall–Kier alpha value is -0.420. The molecule has 1 aromatic rings. The van der Waals surface area contributed by atoms with E-state index in [0.29, 0.717) is 6.61 Å². The fourth-order valence-electron chi connectivity index (χ4n) is 1.86. The smallest absolute Gasteiger partial charge is 0.0820 e. The Morgan fingerprint density at radius 1 is 1.56 bits per heavy atom. The number of hydrazine groups is 1. The SMILES string of the molecule is CCOC(C)(CC)C(Cc1cccs1)NN. The van der Waals surface area contributed by atoms with Crippen LogP contribution in [0.25, 0.3) is 0 Å². The Morgan fingerprint density at radius 2 is 2.31 bits per heavy atom. The molecule has 0 aliphatic rings. The van der Waals surface area contributed by atoms with E-state index in [1.54, 1.807) is 11.3 Å². The van der Waals surface area contributed by atoms with Gasteiger partial charge in [-0.25, -0.2) is 0 Å². The lowest BCUT2D eigenvalue weighted by Crippen LogP contribution is -2.54. The third kappa shape index (κ3) is 3.28. The van der Waals surface area contributed by atoms with Crippen molar-refractivity contribution in [2.45, 2.75) is 45.3 Å². The summed E-state index contributed by atoms with van der Waals surface area (Å²) in [6.07, 6.45) is 1.86. The fourth-order valence-corrected chi connectivity index (χ4v) is 2.61. The first-order valence-corrected chi connectivity index (χ1v) is 6.66. The quantitative estimate of drug-likeness (QED) is 0.570. The van der Waals surface area contributed by atoms with Gasteiger partial charge in [0.15, 0.2) is 0 Å². The van der Waals surface area contributed by atoms with Gasteiger partial charge in [-0.15, -0.1) is 11.3 Å². The highest BCUT2D eigenvalue weighted by Gasteiger charge is 2.32. The van der Waals surface area contributed by atoms with E-state index in [-0.39, 0.29) is 11.6 Å². The molecular weight excluding hydrogens is 220 g/mol. The summed E-state index contributed by atoms with van der Waals surface area (Å²) < 4.78 is 5.84. The summed E-state index contributed by atoms with van der Waals surface area (Å²) in [5.74, 6) is 5.66. The average Bonchev–Trinajstić information content (AvgIpc) is 2.78. The maximum absolute atomic E-state index is 5.84. The zero-order chi connectivity index (χ0) is 12.0. The molecule has 0 aromatic carbocycles. The van der Waals surface area contributed by atoms with Gasteiger partial charge in [0.1, 0.15) is 0 Å². The predicted octanol–water partition coefficient (Wildman–Crippen LogP) is 2.33. The van der Waals surface area contributed by atoms with E-state index < -0.39 is 0 Å². The number of nitrogens with one attached hydrogen (secondary N) is 1. The van der Waals surface area contributed by atoms with Gasteiger partial charge in [-0.3, -0.25) is 11.3 Å². The van der Waals surface area contributed by atoms with Crippen molar-refractivity contribution in [3.8, 4) is 0 Å². The number of hydrogen-bond donors (Lipinski definition) is 2. The van der Waals surface area contributed by atoms with Gasteiger partial charge in [-0.1, -0.05) is 13.0 Å². The molecule has 2 atom stereocenters. The summed E-state index contributed by atoms with van der Waals surface area (Å²) in [5, 5.41) is 2.09. The zero-order valence-corrected chi connectivity index (χ0v) is 11.1. The molecule has 0 bridgehead atoms. The van der Waals surface area contributed by atoms with Crippen LogP contribution in [0.5, 0.6) is 0 Å². The third-order valence-corrected chi connectivity index (χ3v) is 4.00. The van der Waals surface area contributed by atoms with Gasteiger partial charge < -0.3 is 4.74 Å². The number of thiophene rings is 1. The molecule has 0 radical (unpaired) electrons. The lowest BCUT2D eigenvalue weighted by atomic mass is 9.90. The first-order valence-electron chi connectivity index (χ1n) is 5.78. The molecule has 0 saturated heterocycles. The van der Waals surface area contributed by atoms with Crippen LogP contribution in [-0.4, -0.2) is 18.2 Å². The minimum atomic E-state index is -0.201. The van der Waals surface area contributed by atoms with Gasteiger partial charge in [-0.2, -0.15) is 0 Å². The highest BCUT2D eigenvalue weighted by atomic mass is 32.1. The molecule has 0 spiro atoms. The van der Waals surface area contributed by atoms with Gasteiger partial charge in [0.05, 0.1) is 11.6 Å². The summed E-state index contributed by atoms with van der Waals surface area (Å²) in [6, 6.07) is 4.35. The minimum absolute atomic E-state index is 0.149. The summed E-state index contributed by atoms with van der Waals surface area (Å²) in [7, 11) is 0. The standard InChI is InChI=1S/C12H22N2OS/c1-4-12(3,15-5-2)11(14-13)9-10-7-6-8-16-10/h6-8,11,14H,4-5,9,13H2,1-3H3. The normalized spacial score (nSPS) is 17.0. The maximum Gasteiger partial charge on any atom is 0.0820 e. The van der Waals surface area contributed by atoms with E-state index in [1.165, 1.54) is 4.88 Å². The highest BCUT2D eigenvalue weighted by Crippen LogP contribution is 2.24. The third-order valence-electron chi connectivity index (χ3n) is 3.10. The second-order valence-electron chi connectivity index (χ2n) is 4.10. The zero-order valence-electron chi connectivity index (χ0n) is 10.3. The first kappa shape index (κ1) is 13.6. The topological polar surface area (TPSA) is 47.3 Å². The summed E-state index contributed by atoms with van der Waals surface area (Å²) >= 11 is 1.76. The van der Waals surface area contributed by atoms with E-state index in [1.807, 2.05) is 6.92 Å². The molecule has 0 aliphatic heterocycles. The van der Waals surface area contributed by atoms with Crippen LogP contribution in [0.3, 0.4) is 0 Å². The Bertz CT molecular complexity index is 289. The van der Waals surface area contributed by atoms with E-state index in [0.717, 1.165) is 12.8 Å². The van der Waals surface area contributed by atoms with Gasteiger partial charge >= 0.3 is 0 Å². The lowest BCUT2D eigenvalue weighted by molar-refractivity contribution is -0.0549. The second kappa shape index (κ2) is 6.35. The molecular formula is C12H22N2OS. The van der Waals surface area contributed by atoms with E-state index in [4.69, 9.17) is 10.6 Å². The molecule has 1 aromatic heterocycles. The van der Waals surface area contributed by atoms with Crippen molar-refractivity contribution in [1.82, 2.24) is 5.43 Å². The molecule has 2 unspecified atom stereocenters. The molecule has 1 rings (SSSR count). The van der Waals surface area contributed by atoms with E-state index in [2.05, 4.69) is 36.8 Å². The Morgan fingerprint density at radius 3 is 2.75 bits per heavy atom. The van der Waals surface area contributed by atoms with Crippen molar-refractivity contribution in [2.75, 3.05) is 6.61 Å². The average molecular weight is 242 g/mol. The van der Waals surface area contributed by atoms with E-state index in [9.17, 15) is 0 Å². The van der Waals surface area contributed by atoms with E-state index >= 15 is 0 Å². The summed E-state index contributed by atoms with van der Waals surface area (Å²) in [4.78, 5) is 1.34. The van der Waals surface area contributed by atoms with Crippen molar-refractivity contribution in [3.05, 3.63) is 22.4 Å². The van der Waals surface area contributed by atoms with Crippen LogP contribution < -0.4 is 11.3 Å². The van der Waals surface area contributed by atoms with Gasteiger partial charge in [0, 0.05) is 17.9 Å². The maximum atomic E-state index is 5.84. The minimum Gasteiger partial charge on any atom is -0.374 e. The summed E-state index contributed by atoms with van der Waals surface area (Å²) in [6.45, 7) is 6.99. The molecule has 3 N–H and O–H groups in total. The number of rotatable bonds is 7. The van der Waals surface area contributed by atoms with Gasteiger partial charge in [-0.05, 0) is 31.7 Å². The largest absolute Gasteiger partial charge is 0.374 e. The number of nitrogens with two attached hydrogens (primary N) is 1. The fraction of sp³-hybridized carbons (Fsp3) is 0.667. The number of ether oxygens (including phenoxy) is 1. The lowest BCUT2D eigenvalue weighted by Gasteiger charge is -2.36. The molecule has 0 aliphatic carbocycles. The van der Waals surface area contributed by atoms with Crippen LogP contribution >= 0.6 is 11.3 Å². The Kier molecular flexibility index (Phi) is 5.41. The molecule has 16 heavy (non-hydrogen) atoms. The molecule has 0 saturated carbocycles. The second-order valence-corrected chi connectivity index (χ2v) is 5.13. The first-order chi connectivity index (χ1) is 7.66. The van der Waals surface area contributed by atoms with Crippen LogP contribution in [-0.2, 0) is 11.2 Å². The van der Waals surface area contributed by atoms with Crippen molar-refractivity contribution in [1.29, 1.82) is 0 Å². The van der Waals surface area contributed by atoms with Crippen molar-refractivity contribution in [2.24, 2.45) is 5.84 Å². The van der Waals surface area contributed by atoms with Crippen LogP contribution in [0, 0.1) is 0 Å². The molecule has 4 heteroatoms. The molecule has 3 nitrogen and oxygen atoms in total. The monoisotopic (exact) mass is 242 g/mol.